The number of nitrogens with zero attached hydrogens (tertiary/aromatic N) is 2. The number of halogens is 3. The van der Waals surface area contributed by atoms with E-state index in [1.807, 2.05) is 12.1 Å². The largest absolute Gasteiger partial charge is 0.479 e. The van der Waals surface area contributed by atoms with Crippen LogP contribution in [0.1, 0.15) is 5.56 Å². The van der Waals surface area contributed by atoms with Gasteiger partial charge in [-0.3, -0.25) is 0 Å². The molecule has 0 N–H and O–H groups in total. The Labute approximate surface area is 118 Å². The zero-order valence-electron chi connectivity index (χ0n) is 11.1. The SMILES string of the molecule is COc1nn(-c2cccc(C(F)(F)F)c2)c2ccccc12. The lowest BCUT2D eigenvalue weighted by atomic mass is 10.2. The van der Waals surface area contributed by atoms with Crippen LogP contribution in [0.5, 0.6) is 5.88 Å². The minimum atomic E-state index is -4.39. The lowest BCUT2D eigenvalue weighted by Crippen LogP contribution is -2.06. The summed E-state index contributed by atoms with van der Waals surface area (Å²) in [6.45, 7) is 0. The standard InChI is InChI=1S/C15H11F3N2O/c1-21-14-12-7-2-3-8-13(12)20(19-14)11-6-4-5-10(9-11)15(16,17)18/h2-9H,1H3. The third kappa shape index (κ3) is 2.33. The van der Waals surface area contributed by atoms with Crippen LogP contribution in [0.2, 0.25) is 0 Å². The van der Waals surface area contributed by atoms with Crippen LogP contribution < -0.4 is 4.74 Å². The second kappa shape index (κ2) is 4.80. The Morgan fingerprint density at radius 3 is 2.52 bits per heavy atom. The smallest absolute Gasteiger partial charge is 0.416 e. The molecule has 0 aliphatic carbocycles. The van der Waals surface area contributed by atoms with Crippen molar-refractivity contribution in [2.45, 2.75) is 6.18 Å². The summed E-state index contributed by atoms with van der Waals surface area (Å²) in [6.07, 6.45) is -4.39. The summed E-state index contributed by atoms with van der Waals surface area (Å²) in [7, 11) is 1.48. The van der Waals surface area contributed by atoms with Crippen LogP contribution in [0.3, 0.4) is 0 Å². The van der Waals surface area contributed by atoms with E-state index in [0.717, 1.165) is 17.5 Å². The molecule has 0 spiro atoms. The lowest BCUT2D eigenvalue weighted by molar-refractivity contribution is -0.137. The predicted octanol–water partition coefficient (Wildman–Crippen LogP) is 4.05. The maximum Gasteiger partial charge on any atom is 0.416 e. The fraction of sp³-hybridized carbons (Fsp3) is 0.133. The summed E-state index contributed by atoms with van der Waals surface area (Å²) in [5.41, 5.74) is 0.316. The van der Waals surface area contributed by atoms with Gasteiger partial charge in [-0.1, -0.05) is 18.2 Å². The first-order valence-electron chi connectivity index (χ1n) is 6.20. The first-order valence-corrected chi connectivity index (χ1v) is 6.20. The molecule has 0 radical (unpaired) electrons. The Hall–Kier alpha value is -2.50. The molecule has 2 aromatic carbocycles. The van der Waals surface area contributed by atoms with Crippen molar-refractivity contribution in [1.29, 1.82) is 0 Å². The van der Waals surface area contributed by atoms with Gasteiger partial charge in [0.05, 0.1) is 29.3 Å². The van der Waals surface area contributed by atoms with Crippen molar-refractivity contribution >= 4 is 10.9 Å². The van der Waals surface area contributed by atoms with Gasteiger partial charge in [0.25, 0.3) is 0 Å². The molecule has 3 aromatic rings. The summed E-state index contributed by atoms with van der Waals surface area (Å²) < 4.78 is 45.1. The molecule has 3 nitrogen and oxygen atoms in total. The van der Waals surface area contributed by atoms with E-state index in [2.05, 4.69) is 5.10 Å². The molecule has 1 aromatic heterocycles. The van der Waals surface area contributed by atoms with Crippen LogP contribution >= 0.6 is 0 Å². The summed E-state index contributed by atoms with van der Waals surface area (Å²) in [6, 6.07) is 12.3. The van der Waals surface area contributed by atoms with Gasteiger partial charge in [-0.2, -0.15) is 13.2 Å². The van der Waals surface area contributed by atoms with E-state index in [4.69, 9.17) is 4.74 Å². The average Bonchev–Trinajstić information content (AvgIpc) is 2.85. The number of methoxy groups -OCH3 is 1. The molecule has 6 heteroatoms. The normalized spacial score (nSPS) is 11.8. The van der Waals surface area contributed by atoms with Crippen LogP contribution in [0.15, 0.2) is 48.5 Å². The van der Waals surface area contributed by atoms with Gasteiger partial charge in [0.1, 0.15) is 0 Å². The Morgan fingerprint density at radius 2 is 1.81 bits per heavy atom. The van der Waals surface area contributed by atoms with Gasteiger partial charge in [-0.15, -0.1) is 5.10 Å². The topological polar surface area (TPSA) is 27.1 Å². The van der Waals surface area contributed by atoms with Crippen LogP contribution in [0.25, 0.3) is 16.6 Å². The maximum atomic E-state index is 12.8. The van der Waals surface area contributed by atoms with Gasteiger partial charge < -0.3 is 4.74 Å². The highest BCUT2D eigenvalue weighted by atomic mass is 19.4. The van der Waals surface area contributed by atoms with Crippen molar-refractivity contribution < 1.29 is 17.9 Å². The number of hydrogen-bond acceptors (Lipinski definition) is 2. The number of para-hydroxylation sites is 1. The molecule has 3 rings (SSSR count). The zero-order chi connectivity index (χ0) is 15.0. The maximum absolute atomic E-state index is 12.8. The highest BCUT2D eigenvalue weighted by Crippen LogP contribution is 2.32. The molecule has 0 aliphatic rings. The molecule has 0 atom stereocenters. The number of benzene rings is 2. The summed E-state index contributed by atoms with van der Waals surface area (Å²) >= 11 is 0. The number of rotatable bonds is 2. The van der Waals surface area contributed by atoms with E-state index < -0.39 is 11.7 Å². The molecular formula is C15H11F3N2O. The van der Waals surface area contributed by atoms with E-state index in [9.17, 15) is 13.2 Å². The Morgan fingerprint density at radius 1 is 1.05 bits per heavy atom. The fourth-order valence-electron chi connectivity index (χ4n) is 2.20. The number of aromatic nitrogens is 2. The van der Waals surface area contributed by atoms with Gasteiger partial charge in [0.2, 0.25) is 5.88 Å². The first kappa shape index (κ1) is 13.5. The van der Waals surface area contributed by atoms with Gasteiger partial charge in [0.15, 0.2) is 0 Å². The van der Waals surface area contributed by atoms with Crippen LogP contribution in [-0.4, -0.2) is 16.9 Å². The minimum absolute atomic E-state index is 0.337. The Balaban J connectivity index is 2.21. The summed E-state index contributed by atoms with van der Waals surface area (Å²) in [5, 5.41) is 4.98. The molecule has 21 heavy (non-hydrogen) atoms. The highest BCUT2D eigenvalue weighted by Gasteiger charge is 2.30. The third-order valence-electron chi connectivity index (χ3n) is 3.16. The van der Waals surface area contributed by atoms with Crippen molar-refractivity contribution in [3.63, 3.8) is 0 Å². The second-order valence-corrected chi connectivity index (χ2v) is 4.49. The molecule has 1 heterocycles. The van der Waals surface area contributed by atoms with Gasteiger partial charge in [0, 0.05) is 0 Å². The predicted molar refractivity (Wildman–Crippen MR) is 72.6 cm³/mol. The molecule has 108 valence electrons. The molecule has 0 amide bonds. The van der Waals surface area contributed by atoms with Crippen molar-refractivity contribution in [3.05, 3.63) is 54.1 Å². The number of alkyl halides is 3. The number of hydrogen-bond donors (Lipinski definition) is 0. The summed E-state index contributed by atoms with van der Waals surface area (Å²) in [4.78, 5) is 0. The fourth-order valence-corrected chi connectivity index (χ4v) is 2.20. The number of ether oxygens (including phenoxy) is 1. The quantitative estimate of drug-likeness (QED) is 0.712. The molecule has 0 saturated carbocycles. The minimum Gasteiger partial charge on any atom is -0.479 e. The van der Waals surface area contributed by atoms with Crippen LogP contribution in [0, 0.1) is 0 Å². The first-order chi connectivity index (χ1) is 10.0. The van der Waals surface area contributed by atoms with E-state index in [0.29, 0.717) is 17.1 Å². The molecule has 0 bridgehead atoms. The van der Waals surface area contributed by atoms with E-state index >= 15 is 0 Å². The Bertz CT molecular complexity index is 793. The van der Waals surface area contributed by atoms with Gasteiger partial charge >= 0.3 is 6.18 Å². The van der Waals surface area contributed by atoms with Crippen LogP contribution in [-0.2, 0) is 6.18 Å². The highest BCUT2D eigenvalue weighted by molar-refractivity contribution is 5.85. The van der Waals surface area contributed by atoms with Gasteiger partial charge in [-0.05, 0) is 30.3 Å². The average molecular weight is 292 g/mol. The number of fused-ring (bicyclic) bond motifs is 1. The molecule has 0 aliphatic heterocycles. The monoisotopic (exact) mass is 292 g/mol. The van der Waals surface area contributed by atoms with Crippen molar-refractivity contribution in [2.24, 2.45) is 0 Å². The molecule has 0 saturated heterocycles. The molecule has 0 unspecified atom stereocenters. The third-order valence-corrected chi connectivity index (χ3v) is 3.16. The van der Waals surface area contributed by atoms with E-state index in [1.54, 1.807) is 18.2 Å². The molecular weight excluding hydrogens is 281 g/mol. The van der Waals surface area contributed by atoms with Gasteiger partial charge in [-0.25, -0.2) is 4.68 Å². The van der Waals surface area contributed by atoms with E-state index in [-0.39, 0.29) is 0 Å². The second-order valence-electron chi connectivity index (χ2n) is 4.49. The van der Waals surface area contributed by atoms with Crippen LogP contribution in [0.4, 0.5) is 13.2 Å². The van der Waals surface area contributed by atoms with Crippen molar-refractivity contribution in [1.82, 2.24) is 9.78 Å². The summed E-state index contributed by atoms with van der Waals surface area (Å²) in [5.74, 6) is 0.378. The Kier molecular flexibility index (Phi) is 3.08. The zero-order valence-corrected chi connectivity index (χ0v) is 11.1. The van der Waals surface area contributed by atoms with Crippen molar-refractivity contribution in [3.8, 4) is 11.6 Å². The molecule has 0 fully saturated rings. The van der Waals surface area contributed by atoms with Crippen molar-refractivity contribution in [2.75, 3.05) is 7.11 Å². The lowest BCUT2D eigenvalue weighted by Gasteiger charge is -2.09. The van der Waals surface area contributed by atoms with E-state index in [1.165, 1.54) is 17.9 Å².